The molecule has 1 aromatic rings. The molecule has 1 aliphatic rings. The number of aliphatic hydroxyl groups excluding tert-OH is 1. The largest absolute Gasteiger partial charge is 0.492 e. The first-order valence-corrected chi connectivity index (χ1v) is 4.74. The highest BCUT2D eigenvalue weighted by Gasteiger charge is 2.26. The molecule has 1 heterocycles. The minimum absolute atomic E-state index is 0.00685. The van der Waals surface area contributed by atoms with Gasteiger partial charge in [-0.1, -0.05) is 34.1 Å². The highest BCUT2D eigenvalue weighted by molar-refractivity contribution is 9.09. The second-order valence-electron chi connectivity index (χ2n) is 2.81. The van der Waals surface area contributed by atoms with Crippen molar-refractivity contribution in [2.24, 2.45) is 0 Å². The number of rotatable bonds is 0. The zero-order valence-corrected chi connectivity index (χ0v) is 7.99. The van der Waals surface area contributed by atoms with Gasteiger partial charge < -0.3 is 9.84 Å². The van der Waals surface area contributed by atoms with Crippen LogP contribution in [-0.2, 0) is 0 Å². The molecule has 0 aliphatic carbocycles. The molecule has 0 saturated carbocycles. The number of fused-ring (bicyclic) bond motifs is 1. The van der Waals surface area contributed by atoms with E-state index in [2.05, 4.69) is 15.9 Å². The SMILES string of the molecule is OC1c2ccccc2OCC1Br. The van der Waals surface area contributed by atoms with Gasteiger partial charge in [-0.3, -0.25) is 0 Å². The van der Waals surface area contributed by atoms with Gasteiger partial charge in [0.25, 0.3) is 0 Å². The van der Waals surface area contributed by atoms with Crippen LogP contribution >= 0.6 is 15.9 Å². The summed E-state index contributed by atoms with van der Waals surface area (Å²) in [4.78, 5) is 0.00685. The highest BCUT2D eigenvalue weighted by atomic mass is 79.9. The number of hydrogen-bond donors (Lipinski definition) is 1. The fourth-order valence-electron chi connectivity index (χ4n) is 1.31. The molecule has 1 N–H and O–H groups in total. The summed E-state index contributed by atoms with van der Waals surface area (Å²) in [6, 6.07) is 7.56. The van der Waals surface area contributed by atoms with E-state index in [1.54, 1.807) is 0 Å². The minimum Gasteiger partial charge on any atom is -0.492 e. The molecule has 2 unspecified atom stereocenters. The van der Waals surface area contributed by atoms with Gasteiger partial charge >= 0.3 is 0 Å². The van der Waals surface area contributed by atoms with Crippen LogP contribution in [-0.4, -0.2) is 16.5 Å². The summed E-state index contributed by atoms with van der Waals surface area (Å²) in [5, 5.41) is 9.70. The third-order valence-electron chi connectivity index (χ3n) is 1.98. The number of alkyl halides is 1. The van der Waals surface area contributed by atoms with Gasteiger partial charge in [-0.15, -0.1) is 0 Å². The second-order valence-corrected chi connectivity index (χ2v) is 3.99. The molecule has 1 aliphatic heterocycles. The summed E-state index contributed by atoms with van der Waals surface area (Å²) < 4.78 is 5.40. The Kier molecular flexibility index (Phi) is 2.07. The van der Waals surface area contributed by atoms with E-state index in [9.17, 15) is 5.11 Å². The van der Waals surface area contributed by atoms with Crippen LogP contribution in [0.15, 0.2) is 24.3 Å². The molecular formula is C9H9BrO2. The van der Waals surface area contributed by atoms with Crippen molar-refractivity contribution in [3.63, 3.8) is 0 Å². The van der Waals surface area contributed by atoms with Crippen molar-refractivity contribution >= 4 is 15.9 Å². The second kappa shape index (κ2) is 3.07. The molecule has 0 spiro atoms. The normalized spacial score (nSPS) is 27.5. The van der Waals surface area contributed by atoms with Crippen LogP contribution < -0.4 is 4.74 Å². The average molecular weight is 229 g/mol. The van der Waals surface area contributed by atoms with E-state index in [0.717, 1.165) is 11.3 Å². The van der Waals surface area contributed by atoms with Crippen LogP contribution in [0.25, 0.3) is 0 Å². The van der Waals surface area contributed by atoms with Crippen molar-refractivity contribution in [3.8, 4) is 5.75 Å². The third-order valence-corrected chi connectivity index (χ3v) is 2.74. The fraction of sp³-hybridized carbons (Fsp3) is 0.333. The first-order valence-electron chi connectivity index (χ1n) is 3.83. The molecule has 2 nitrogen and oxygen atoms in total. The van der Waals surface area contributed by atoms with Gasteiger partial charge in [-0.05, 0) is 6.07 Å². The molecule has 0 saturated heterocycles. The van der Waals surface area contributed by atoms with E-state index in [-0.39, 0.29) is 4.83 Å². The number of halogens is 1. The Balaban J connectivity index is 2.42. The van der Waals surface area contributed by atoms with Crippen LogP contribution in [0, 0.1) is 0 Å². The topological polar surface area (TPSA) is 29.5 Å². The van der Waals surface area contributed by atoms with E-state index in [1.807, 2.05) is 24.3 Å². The van der Waals surface area contributed by atoms with Gasteiger partial charge in [-0.2, -0.15) is 0 Å². The smallest absolute Gasteiger partial charge is 0.125 e. The fourth-order valence-corrected chi connectivity index (χ4v) is 1.73. The standard InChI is InChI=1S/C9H9BrO2/c10-7-5-12-8-4-2-1-3-6(8)9(7)11/h1-4,7,9,11H,5H2. The Labute approximate surface area is 79.3 Å². The van der Waals surface area contributed by atoms with E-state index in [4.69, 9.17) is 4.74 Å². The molecule has 0 radical (unpaired) electrons. The summed E-state index contributed by atoms with van der Waals surface area (Å²) in [5.41, 5.74) is 0.866. The maximum atomic E-state index is 9.70. The molecule has 64 valence electrons. The summed E-state index contributed by atoms with van der Waals surface area (Å²) in [6.07, 6.45) is -0.449. The number of ether oxygens (including phenoxy) is 1. The predicted molar refractivity (Wildman–Crippen MR) is 49.6 cm³/mol. The predicted octanol–water partition coefficient (Wildman–Crippen LogP) is 1.88. The molecule has 0 aromatic heterocycles. The van der Waals surface area contributed by atoms with E-state index >= 15 is 0 Å². The quantitative estimate of drug-likeness (QED) is 0.688. The van der Waals surface area contributed by atoms with Gasteiger partial charge in [-0.25, -0.2) is 0 Å². The number of aliphatic hydroxyl groups is 1. The van der Waals surface area contributed by atoms with E-state index < -0.39 is 6.10 Å². The van der Waals surface area contributed by atoms with Crippen LogP contribution in [0.5, 0.6) is 5.75 Å². The number of hydrogen-bond acceptors (Lipinski definition) is 2. The zero-order valence-electron chi connectivity index (χ0n) is 6.40. The zero-order chi connectivity index (χ0) is 8.55. The van der Waals surface area contributed by atoms with Crippen molar-refractivity contribution in [2.75, 3.05) is 6.61 Å². The molecule has 2 rings (SSSR count). The van der Waals surface area contributed by atoms with Gasteiger partial charge in [0.1, 0.15) is 12.4 Å². The number of para-hydroxylation sites is 1. The van der Waals surface area contributed by atoms with Gasteiger partial charge in [0.2, 0.25) is 0 Å². The lowest BCUT2D eigenvalue weighted by atomic mass is 10.0. The van der Waals surface area contributed by atoms with Crippen molar-refractivity contribution in [2.45, 2.75) is 10.9 Å². The van der Waals surface area contributed by atoms with Crippen LogP contribution in [0.4, 0.5) is 0 Å². The highest BCUT2D eigenvalue weighted by Crippen LogP contribution is 2.34. The maximum Gasteiger partial charge on any atom is 0.125 e. The average Bonchev–Trinajstić information content (AvgIpc) is 2.12. The lowest BCUT2D eigenvalue weighted by molar-refractivity contribution is 0.125. The van der Waals surface area contributed by atoms with E-state index in [1.165, 1.54) is 0 Å². The lowest BCUT2D eigenvalue weighted by Gasteiger charge is -2.26. The van der Waals surface area contributed by atoms with Crippen molar-refractivity contribution < 1.29 is 9.84 Å². The van der Waals surface area contributed by atoms with Crippen molar-refractivity contribution in [1.29, 1.82) is 0 Å². The summed E-state index contributed by atoms with van der Waals surface area (Å²) in [6.45, 7) is 0.526. The molecule has 0 bridgehead atoms. The van der Waals surface area contributed by atoms with Crippen LogP contribution in [0.3, 0.4) is 0 Å². The monoisotopic (exact) mass is 228 g/mol. The Morgan fingerprint density at radius 2 is 2.17 bits per heavy atom. The Morgan fingerprint density at radius 3 is 3.00 bits per heavy atom. The number of benzene rings is 1. The molecule has 0 fully saturated rings. The summed E-state index contributed by atoms with van der Waals surface area (Å²) in [5.74, 6) is 0.792. The molecule has 2 atom stereocenters. The van der Waals surface area contributed by atoms with Crippen molar-refractivity contribution in [1.82, 2.24) is 0 Å². The molecule has 1 aromatic carbocycles. The van der Waals surface area contributed by atoms with Crippen LogP contribution in [0.2, 0.25) is 0 Å². The molecule has 12 heavy (non-hydrogen) atoms. The maximum absolute atomic E-state index is 9.70. The molecule has 3 heteroatoms. The van der Waals surface area contributed by atoms with E-state index in [0.29, 0.717) is 6.61 Å². The Bertz CT molecular complexity index is 288. The van der Waals surface area contributed by atoms with Gasteiger partial charge in [0.15, 0.2) is 0 Å². The Morgan fingerprint density at radius 1 is 1.42 bits per heavy atom. The lowest BCUT2D eigenvalue weighted by Crippen LogP contribution is -2.25. The molecule has 0 amide bonds. The first kappa shape index (κ1) is 8.08. The summed E-state index contributed by atoms with van der Waals surface area (Å²) >= 11 is 3.35. The first-order chi connectivity index (χ1) is 5.79. The molecular weight excluding hydrogens is 220 g/mol. The summed E-state index contributed by atoms with van der Waals surface area (Å²) in [7, 11) is 0. The minimum atomic E-state index is -0.449. The van der Waals surface area contributed by atoms with Crippen LogP contribution in [0.1, 0.15) is 11.7 Å². The van der Waals surface area contributed by atoms with Gasteiger partial charge in [0.05, 0.1) is 10.9 Å². The third kappa shape index (κ3) is 1.23. The Hall–Kier alpha value is -0.540. The van der Waals surface area contributed by atoms with Crippen molar-refractivity contribution in [3.05, 3.63) is 29.8 Å². The van der Waals surface area contributed by atoms with Gasteiger partial charge in [0, 0.05) is 5.56 Å².